The Hall–Kier alpha value is -1.42. The van der Waals surface area contributed by atoms with Gasteiger partial charge in [0, 0.05) is 0 Å². The van der Waals surface area contributed by atoms with Crippen LogP contribution in [-0.2, 0) is 9.30 Å². The number of nitrogens with zero attached hydrogens (tertiary/aromatic N) is 4. The summed E-state index contributed by atoms with van der Waals surface area (Å²) < 4.78 is 19.0. The molecule has 0 aromatic carbocycles. The summed E-state index contributed by atoms with van der Waals surface area (Å²) in [6.07, 6.45) is -2.35. The van der Waals surface area contributed by atoms with Gasteiger partial charge in [-0.3, -0.25) is 9.24 Å². The highest BCUT2D eigenvalue weighted by Gasteiger charge is 2.44. The van der Waals surface area contributed by atoms with E-state index in [1.807, 2.05) is 0 Å². The van der Waals surface area contributed by atoms with E-state index in [9.17, 15) is 14.8 Å². The zero-order valence-corrected chi connectivity index (χ0v) is 11.6. The first-order valence-electron chi connectivity index (χ1n) is 6.19. The molecule has 1 saturated heterocycles. The van der Waals surface area contributed by atoms with Crippen LogP contribution in [0.15, 0.2) is 11.3 Å². The molecule has 0 spiro atoms. The molecule has 0 aliphatic carbocycles. The van der Waals surface area contributed by atoms with Crippen LogP contribution in [-0.4, -0.2) is 60.8 Å². The van der Waals surface area contributed by atoms with Gasteiger partial charge in [0.1, 0.15) is 36.5 Å². The van der Waals surface area contributed by atoms with Crippen molar-refractivity contribution < 1.29 is 24.6 Å². The summed E-state index contributed by atoms with van der Waals surface area (Å²) in [7, 11) is -0.311. The largest absolute Gasteiger partial charge is 0.394 e. The molecule has 3 rings (SSSR count). The molecule has 0 radical (unpaired) electrons. The number of imidazole rings is 1. The summed E-state index contributed by atoms with van der Waals surface area (Å²) in [6, 6.07) is 0. The van der Waals surface area contributed by atoms with Crippen LogP contribution in [0.3, 0.4) is 0 Å². The van der Waals surface area contributed by atoms with E-state index in [4.69, 9.17) is 15.6 Å². The van der Waals surface area contributed by atoms with Gasteiger partial charge in [0.25, 0.3) is 8.61 Å². The highest BCUT2D eigenvalue weighted by Crippen LogP contribution is 2.37. The Morgan fingerprint density at radius 2 is 2.19 bits per heavy atom. The maximum atomic E-state index is 10.9. The van der Waals surface area contributed by atoms with Crippen LogP contribution in [0.2, 0.25) is 0 Å². The maximum absolute atomic E-state index is 10.9. The standard InChI is InChI=1S/C10H14N5O5P/c11-8-5-9(13-3-15(8)21-19)14(2-12-5)10-7(18)6(17)4(1-16)20-10/h2-4,6-8,10,16-18H,1,11H2/t4-,6?,7?,8?,10-/m1/s1. The van der Waals surface area contributed by atoms with E-state index in [1.54, 1.807) is 0 Å². The summed E-state index contributed by atoms with van der Waals surface area (Å²) >= 11 is 0. The van der Waals surface area contributed by atoms with Crippen molar-refractivity contribution in [1.29, 1.82) is 0 Å². The first-order chi connectivity index (χ1) is 10.1. The Balaban J connectivity index is 1.94. The molecule has 0 bridgehead atoms. The predicted octanol–water partition coefficient (Wildman–Crippen LogP) is -1.37. The lowest BCUT2D eigenvalue weighted by Gasteiger charge is -2.23. The Morgan fingerprint density at radius 3 is 2.81 bits per heavy atom. The number of rotatable bonds is 3. The number of ether oxygens (including phenoxy) is 1. The lowest BCUT2D eigenvalue weighted by atomic mass is 10.1. The molecule has 1 fully saturated rings. The molecule has 0 saturated carbocycles. The zero-order valence-electron chi connectivity index (χ0n) is 10.7. The molecule has 11 heteroatoms. The van der Waals surface area contributed by atoms with Crippen molar-refractivity contribution in [3.63, 3.8) is 0 Å². The van der Waals surface area contributed by atoms with E-state index in [1.165, 1.54) is 21.9 Å². The van der Waals surface area contributed by atoms with Gasteiger partial charge < -0.3 is 25.8 Å². The van der Waals surface area contributed by atoms with Crippen LogP contribution in [0.1, 0.15) is 18.1 Å². The van der Waals surface area contributed by atoms with Crippen LogP contribution in [0.25, 0.3) is 0 Å². The van der Waals surface area contributed by atoms with E-state index in [2.05, 4.69) is 9.98 Å². The topological polar surface area (TPSA) is 146 Å². The second-order valence-corrected chi connectivity index (χ2v) is 5.37. The van der Waals surface area contributed by atoms with Gasteiger partial charge in [0.2, 0.25) is 0 Å². The number of fused-ring (bicyclic) bond motifs is 1. The molecule has 5 atom stereocenters. The first-order valence-corrected chi connectivity index (χ1v) is 6.95. The molecule has 3 heterocycles. The van der Waals surface area contributed by atoms with Gasteiger partial charge in [-0.25, -0.2) is 14.5 Å². The van der Waals surface area contributed by atoms with Gasteiger partial charge in [-0.05, 0) is 0 Å². The number of hydrogen-bond donors (Lipinski definition) is 4. The minimum atomic E-state index is -1.23. The molecule has 1 aromatic rings. The monoisotopic (exact) mass is 315 g/mol. The van der Waals surface area contributed by atoms with Crippen LogP contribution in [0.4, 0.5) is 5.82 Å². The van der Waals surface area contributed by atoms with Gasteiger partial charge in [-0.2, -0.15) is 0 Å². The van der Waals surface area contributed by atoms with Crippen molar-refractivity contribution in [2.75, 3.05) is 6.61 Å². The number of aliphatic imine (C=N–C) groups is 1. The van der Waals surface area contributed by atoms with E-state index in [0.717, 1.165) is 0 Å². The Morgan fingerprint density at radius 1 is 1.43 bits per heavy atom. The van der Waals surface area contributed by atoms with E-state index in [0.29, 0.717) is 11.5 Å². The van der Waals surface area contributed by atoms with E-state index in [-0.39, 0.29) is 8.61 Å². The normalized spacial score (nSPS) is 35.4. The lowest BCUT2D eigenvalue weighted by Crippen LogP contribution is -2.33. The Labute approximate surface area is 120 Å². The van der Waals surface area contributed by atoms with Gasteiger partial charge >= 0.3 is 0 Å². The Bertz CT molecular complexity index is 580. The molecule has 21 heavy (non-hydrogen) atoms. The minimum Gasteiger partial charge on any atom is -0.394 e. The molecule has 0 amide bonds. The minimum absolute atomic E-state index is 0.311. The third-order valence-electron chi connectivity index (χ3n) is 3.54. The Kier molecular flexibility index (Phi) is 3.74. The third-order valence-corrected chi connectivity index (χ3v) is 4.08. The zero-order chi connectivity index (χ0) is 15.1. The molecular formula is C10H14N5O5P. The SMILES string of the molecule is NC1c2ncn([C@@H]3O[C@H](CO)C(O)C3O)c2N=CN1P=O. The average molecular weight is 315 g/mol. The van der Waals surface area contributed by atoms with Crippen molar-refractivity contribution in [1.82, 2.24) is 14.2 Å². The fourth-order valence-corrected chi connectivity index (χ4v) is 2.69. The highest BCUT2D eigenvalue weighted by atomic mass is 31.1. The van der Waals surface area contributed by atoms with Crippen LogP contribution >= 0.6 is 8.61 Å². The van der Waals surface area contributed by atoms with Gasteiger partial charge in [0.15, 0.2) is 12.0 Å². The molecule has 2 aliphatic heterocycles. The quantitative estimate of drug-likeness (QED) is 0.500. The number of nitrogens with two attached hydrogens (primary N) is 1. The van der Waals surface area contributed by atoms with Crippen molar-refractivity contribution in [2.45, 2.75) is 30.7 Å². The molecule has 3 unspecified atom stereocenters. The second-order valence-electron chi connectivity index (χ2n) is 4.74. The van der Waals surface area contributed by atoms with Crippen molar-refractivity contribution in [3.05, 3.63) is 12.0 Å². The van der Waals surface area contributed by atoms with Gasteiger partial charge in [-0.1, -0.05) is 0 Å². The van der Waals surface area contributed by atoms with Crippen LogP contribution in [0.5, 0.6) is 0 Å². The fraction of sp³-hybridized carbons (Fsp3) is 0.600. The van der Waals surface area contributed by atoms with Gasteiger partial charge in [-0.15, -0.1) is 0 Å². The molecule has 114 valence electrons. The highest BCUT2D eigenvalue weighted by molar-refractivity contribution is 7.21. The summed E-state index contributed by atoms with van der Waals surface area (Å²) in [5, 5.41) is 28.9. The molecule has 10 nitrogen and oxygen atoms in total. The number of aliphatic hydroxyl groups is 3. The summed E-state index contributed by atoms with van der Waals surface area (Å²) in [4.78, 5) is 8.18. The maximum Gasteiger partial charge on any atom is 0.284 e. The average Bonchev–Trinajstić information content (AvgIpc) is 3.03. The third kappa shape index (κ3) is 2.16. The van der Waals surface area contributed by atoms with Crippen molar-refractivity contribution in [3.8, 4) is 0 Å². The number of aromatic nitrogens is 2. The number of hydrogen-bond acceptors (Lipinski definition) is 8. The van der Waals surface area contributed by atoms with Crippen LogP contribution in [0, 0.1) is 0 Å². The summed E-state index contributed by atoms with van der Waals surface area (Å²) in [5.74, 6) is 0.345. The number of aliphatic hydroxyl groups excluding tert-OH is 3. The van der Waals surface area contributed by atoms with Crippen molar-refractivity contribution >= 4 is 20.8 Å². The summed E-state index contributed by atoms with van der Waals surface area (Å²) in [6.45, 7) is -0.419. The molecular weight excluding hydrogens is 301 g/mol. The molecule has 1 aromatic heterocycles. The molecule has 2 aliphatic rings. The second kappa shape index (κ2) is 5.41. The lowest BCUT2D eigenvalue weighted by molar-refractivity contribution is -0.0520. The predicted molar refractivity (Wildman–Crippen MR) is 69.8 cm³/mol. The van der Waals surface area contributed by atoms with Crippen molar-refractivity contribution in [2.24, 2.45) is 10.7 Å². The van der Waals surface area contributed by atoms with Crippen LogP contribution < -0.4 is 5.73 Å². The van der Waals surface area contributed by atoms with E-state index >= 15 is 0 Å². The fourth-order valence-electron chi connectivity index (χ4n) is 2.39. The van der Waals surface area contributed by atoms with E-state index < -0.39 is 37.3 Å². The van der Waals surface area contributed by atoms with Gasteiger partial charge in [0.05, 0.1) is 12.9 Å². The summed E-state index contributed by atoms with van der Waals surface area (Å²) in [5.41, 5.74) is 6.26. The smallest absolute Gasteiger partial charge is 0.284 e. The first kappa shape index (κ1) is 14.5. The molecule has 5 N–H and O–H groups in total.